The molecule has 1 saturated carbocycles. The number of aryl methyl sites for hydroxylation is 1. The largest absolute Gasteiger partial charge is 0.409 e. The number of H-pyrrole nitrogens is 1. The third-order valence-corrected chi connectivity index (χ3v) is 5.47. The van der Waals surface area contributed by atoms with Gasteiger partial charge in [-0.25, -0.2) is 13.4 Å². The summed E-state index contributed by atoms with van der Waals surface area (Å²) >= 11 is 0. The smallest absolute Gasteiger partial charge is 0.258 e. The van der Waals surface area contributed by atoms with Crippen LogP contribution in [0.5, 0.6) is 0 Å². The second-order valence-corrected chi connectivity index (χ2v) is 7.34. The van der Waals surface area contributed by atoms with E-state index in [0.717, 1.165) is 12.8 Å². The van der Waals surface area contributed by atoms with Gasteiger partial charge in [-0.2, -0.15) is 4.72 Å². The van der Waals surface area contributed by atoms with Crippen LogP contribution in [0.25, 0.3) is 0 Å². The fourth-order valence-electron chi connectivity index (χ4n) is 2.61. The Hall–Kier alpha value is -1.61. The van der Waals surface area contributed by atoms with Crippen LogP contribution in [-0.2, 0) is 10.0 Å². The van der Waals surface area contributed by atoms with Crippen LogP contribution in [0.2, 0.25) is 0 Å². The second-order valence-electron chi connectivity index (χ2n) is 5.69. The van der Waals surface area contributed by atoms with Crippen LogP contribution >= 0.6 is 0 Å². The quantitative estimate of drug-likeness (QED) is 0.281. The lowest BCUT2D eigenvalue weighted by Crippen LogP contribution is -2.59. The third kappa shape index (κ3) is 3.18. The van der Waals surface area contributed by atoms with E-state index in [1.54, 1.807) is 6.92 Å². The number of oxime groups is 1. The normalized spacial score (nSPS) is 27.7. The lowest BCUT2D eigenvalue weighted by Gasteiger charge is -2.38. The molecule has 1 aliphatic carbocycles. The fraction of sp³-hybridized carbons (Fsp3) is 0.667. The van der Waals surface area contributed by atoms with Crippen molar-refractivity contribution in [2.75, 3.05) is 0 Å². The Balaban J connectivity index is 2.31. The number of aromatic nitrogens is 2. The molecule has 21 heavy (non-hydrogen) atoms. The summed E-state index contributed by atoms with van der Waals surface area (Å²) < 4.78 is 27.5. The van der Waals surface area contributed by atoms with E-state index in [9.17, 15) is 8.42 Å². The molecule has 0 aromatic carbocycles. The molecule has 9 heteroatoms. The van der Waals surface area contributed by atoms with E-state index in [1.807, 2.05) is 0 Å². The van der Waals surface area contributed by atoms with Gasteiger partial charge in [0.15, 0.2) is 10.9 Å². The van der Waals surface area contributed by atoms with Gasteiger partial charge in [-0.3, -0.25) is 0 Å². The Labute approximate surface area is 123 Å². The Morgan fingerprint density at radius 3 is 2.67 bits per heavy atom. The SMILES string of the molecule is Cc1ncc(S(=O)(=O)NC2(C(N)=NO)CCC(C)CC2)[nH]1. The minimum Gasteiger partial charge on any atom is -0.409 e. The van der Waals surface area contributed by atoms with E-state index < -0.39 is 15.6 Å². The number of hydrogen-bond donors (Lipinski definition) is 4. The number of rotatable bonds is 4. The summed E-state index contributed by atoms with van der Waals surface area (Å²) in [7, 11) is -3.81. The van der Waals surface area contributed by atoms with Gasteiger partial charge in [0, 0.05) is 0 Å². The molecule has 0 spiro atoms. The van der Waals surface area contributed by atoms with Crippen LogP contribution in [0.1, 0.15) is 38.4 Å². The molecule has 1 aromatic rings. The van der Waals surface area contributed by atoms with Crippen molar-refractivity contribution in [1.82, 2.24) is 14.7 Å². The van der Waals surface area contributed by atoms with Gasteiger partial charge < -0.3 is 15.9 Å². The van der Waals surface area contributed by atoms with E-state index in [4.69, 9.17) is 10.9 Å². The van der Waals surface area contributed by atoms with E-state index in [2.05, 4.69) is 26.8 Å². The number of aromatic amines is 1. The molecule has 0 atom stereocenters. The Morgan fingerprint density at radius 1 is 1.57 bits per heavy atom. The molecule has 5 N–H and O–H groups in total. The third-order valence-electron chi connectivity index (χ3n) is 4.02. The lowest BCUT2D eigenvalue weighted by atomic mass is 9.77. The molecule has 0 amide bonds. The number of nitrogens with zero attached hydrogens (tertiary/aromatic N) is 2. The molecule has 0 bridgehead atoms. The molecule has 1 heterocycles. The Morgan fingerprint density at radius 2 is 2.19 bits per heavy atom. The molecule has 0 aliphatic heterocycles. The average Bonchev–Trinajstić information content (AvgIpc) is 2.88. The van der Waals surface area contributed by atoms with Gasteiger partial charge in [0.25, 0.3) is 10.0 Å². The number of sulfonamides is 1. The average molecular weight is 315 g/mol. The predicted octanol–water partition coefficient (Wildman–Crippen LogP) is 0.692. The van der Waals surface area contributed by atoms with Crippen molar-refractivity contribution >= 4 is 15.9 Å². The van der Waals surface area contributed by atoms with Crippen molar-refractivity contribution in [2.45, 2.75) is 50.1 Å². The molecule has 1 aliphatic rings. The molecule has 0 unspecified atom stereocenters. The van der Waals surface area contributed by atoms with Gasteiger partial charge in [-0.15, -0.1) is 0 Å². The lowest BCUT2D eigenvalue weighted by molar-refractivity contribution is 0.266. The fourth-order valence-corrected chi connectivity index (χ4v) is 4.01. The minimum absolute atomic E-state index is 0.0243. The van der Waals surface area contributed by atoms with Crippen LogP contribution in [0.4, 0.5) is 0 Å². The zero-order valence-electron chi connectivity index (χ0n) is 12.1. The van der Waals surface area contributed by atoms with Crippen molar-refractivity contribution in [3.63, 3.8) is 0 Å². The summed E-state index contributed by atoms with van der Waals surface area (Å²) in [5, 5.41) is 12.0. The molecule has 0 saturated heterocycles. The number of nitrogens with two attached hydrogens (primary N) is 1. The first-order chi connectivity index (χ1) is 9.79. The van der Waals surface area contributed by atoms with Crippen LogP contribution < -0.4 is 10.5 Å². The molecular weight excluding hydrogens is 294 g/mol. The van der Waals surface area contributed by atoms with Crippen molar-refractivity contribution < 1.29 is 13.6 Å². The maximum absolute atomic E-state index is 12.4. The summed E-state index contributed by atoms with van der Waals surface area (Å²) in [6, 6.07) is 0. The van der Waals surface area contributed by atoms with Crippen molar-refractivity contribution in [2.24, 2.45) is 16.8 Å². The van der Waals surface area contributed by atoms with Gasteiger partial charge in [-0.1, -0.05) is 12.1 Å². The first-order valence-electron chi connectivity index (χ1n) is 6.83. The summed E-state index contributed by atoms with van der Waals surface area (Å²) in [5.41, 5.74) is 4.72. The van der Waals surface area contributed by atoms with Gasteiger partial charge in [0.2, 0.25) is 0 Å². The zero-order valence-corrected chi connectivity index (χ0v) is 12.9. The first-order valence-corrected chi connectivity index (χ1v) is 8.31. The monoisotopic (exact) mass is 315 g/mol. The van der Waals surface area contributed by atoms with E-state index >= 15 is 0 Å². The topological polar surface area (TPSA) is 133 Å². The highest BCUT2D eigenvalue weighted by Gasteiger charge is 2.42. The number of hydrogen-bond acceptors (Lipinski definition) is 5. The standard InChI is InChI=1S/C12H21N5O3S/c1-8-3-5-12(6-4-8,11(13)16-18)17-21(19,20)10-7-14-9(2)15-10/h7-8,17-18H,3-6H2,1-2H3,(H2,13,16)(H,14,15). The molecule has 1 aromatic heterocycles. The zero-order chi connectivity index (χ0) is 15.7. The molecular formula is C12H21N5O3S. The van der Waals surface area contributed by atoms with E-state index in [0.29, 0.717) is 24.6 Å². The van der Waals surface area contributed by atoms with Gasteiger partial charge in [0.05, 0.1) is 11.7 Å². The maximum atomic E-state index is 12.4. The highest BCUT2D eigenvalue weighted by Crippen LogP contribution is 2.33. The molecule has 2 rings (SSSR count). The highest BCUT2D eigenvalue weighted by molar-refractivity contribution is 7.89. The molecule has 8 nitrogen and oxygen atoms in total. The second kappa shape index (κ2) is 5.64. The van der Waals surface area contributed by atoms with Crippen molar-refractivity contribution in [3.8, 4) is 0 Å². The van der Waals surface area contributed by atoms with Crippen LogP contribution in [0.3, 0.4) is 0 Å². The first kappa shape index (κ1) is 15.8. The Bertz CT molecular complexity index is 629. The summed E-state index contributed by atoms with van der Waals surface area (Å²) in [4.78, 5) is 6.57. The molecule has 1 fully saturated rings. The number of nitrogens with one attached hydrogen (secondary N) is 2. The maximum Gasteiger partial charge on any atom is 0.258 e. The summed E-state index contributed by atoms with van der Waals surface area (Å²) in [5.74, 6) is 0.892. The summed E-state index contributed by atoms with van der Waals surface area (Å²) in [6.45, 7) is 3.77. The highest BCUT2D eigenvalue weighted by atomic mass is 32.2. The minimum atomic E-state index is -3.81. The molecule has 118 valence electrons. The van der Waals surface area contributed by atoms with Gasteiger partial charge in [-0.05, 0) is 38.5 Å². The molecule has 0 radical (unpaired) electrons. The summed E-state index contributed by atoms with van der Waals surface area (Å²) in [6.07, 6.45) is 3.86. The van der Waals surface area contributed by atoms with E-state index in [1.165, 1.54) is 6.20 Å². The Kier molecular flexibility index (Phi) is 4.24. The van der Waals surface area contributed by atoms with E-state index in [-0.39, 0.29) is 10.9 Å². The van der Waals surface area contributed by atoms with Crippen LogP contribution in [0, 0.1) is 12.8 Å². The van der Waals surface area contributed by atoms with Gasteiger partial charge >= 0.3 is 0 Å². The van der Waals surface area contributed by atoms with Crippen molar-refractivity contribution in [3.05, 3.63) is 12.0 Å². The van der Waals surface area contributed by atoms with Crippen molar-refractivity contribution in [1.29, 1.82) is 0 Å². The van der Waals surface area contributed by atoms with Crippen LogP contribution in [0.15, 0.2) is 16.4 Å². The van der Waals surface area contributed by atoms with Crippen LogP contribution in [-0.4, -0.2) is 35.0 Å². The van der Waals surface area contributed by atoms with Gasteiger partial charge in [0.1, 0.15) is 5.82 Å². The number of amidine groups is 1. The predicted molar refractivity (Wildman–Crippen MR) is 77.4 cm³/mol. The number of imidazole rings is 1.